The lowest BCUT2D eigenvalue weighted by molar-refractivity contribution is -0.158. The minimum Gasteiger partial charge on any atom is -0.476 e. The summed E-state index contributed by atoms with van der Waals surface area (Å²) < 4.78 is 11.0. The maximum atomic E-state index is 12.0. The van der Waals surface area contributed by atoms with Gasteiger partial charge in [0.25, 0.3) is 0 Å². The topological polar surface area (TPSA) is 47.6 Å². The van der Waals surface area contributed by atoms with Crippen molar-refractivity contribution in [3.05, 3.63) is 65.7 Å². The summed E-state index contributed by atoms with van der Waals surface area (Å²) in [6, 6.07) is 19.4. The van der Waals surface area contributed by atoms with Crippen LogP contribution in [-0.2, 0) is 16.1 Å². The van der Waals surface area contributed by atoms with Crippen LogP contribution in [0.4, 0.5) is 0 Å². The molecule has 0 amide bonds. The predicted octanol–water partition coefficient (Wildman–Crippen LogP) is 5.22. The maximum absolute atomic E-state index is 12.0. The smallest absolute Gasteiger partial charge is 0.349 e. The van der Waals surface area contributed by atoms with E-state index in [2.05, 4.69) is 47.8 Å². The fourth-order valence-corrected chi connectivity index (χ4v) is 3.94. The monoisotopic (exact) mass is 395 g/mol. The number of nitrogens with one attached hydrogen (secondary N) is 1. The molecule has 0 aliphatic heterocycles. The van der Waals surface area contributed by atoms with Gasteiger partial charge in [-0.05, 0) is 75.6 Å². The lowest BCUT2D eigenvalue weighted by Crippen LogP contribution is -2.39. The van der Waals surface area contributed by atoms with Gasteiger partial charge in [-0.15, -0.1) is 0 Å². The third-order valence-corrected chi connectivity index (χ3v) is 5.66. The zero-order valence-electron chi connectivity index (χ0n) is 17.8. The molecular formula is C25H33NO3. The van der Waals surface area contributed by atoms with Gasteiger partial charge in [-0.3, -0.25) is 0 Å². The van der Waals surface area contributed by atoms with E-state index in [1.807, 2.05) is 12.1 Å². The molecule has 0 atom stereocenters. The summed E-state index contributed by atoms with van der Waals surface area (Å²) in [5, 5.41) is 3.70. The molecule has 2 aromatic rings. The molecule has 0 heterocycles. The summed E-state index contributed by atoms with van der Waals surface area (Å²) >= 11 is 0. The van der Waals surface area contributed by atoms with Crippen molar-refractivity contribution in [2.75, 3.05) is 6.61 Å². The van der Waals surface area contributed by atoms with Crippen LogP contribution in [0.25, 0.3) is 0 Å². The van der Waals surface area contributed by atoms with Gasteiger partial charge in [0.1, 0.15) is 5.75 Å². The van der Waals surface area contributed by atoms with E-state index in [9.17, 15) is 4.79 Å². The van der Waals surface area contributed by atoms with Crippen LogP contribution in [0.5, 0.6) is 5.75 Å². The molecule has 0 aromatic heterocycles. The number of hydrogen-bond donors (Lipinski definition) is 1. The van der Waals surface area contributed by atoms with Crippen LogP contribution in [-0.4, -0.2) is 24.2 Å². The second-order valence-electron chi connectivity index (χ2n) is 8.32. The molecule has 1 aliphatic rings. The zero-order valence-corrected chi connectivity index (χ0v) is 17.8. The van der Waals surface area contributed by atoms with E-state index in [4.69, 9.17) is 9.47 Å². The molecule has 0 unspecified atom stereocenters. The molecule has 0 radical (unpaired) electrons. The quantitative estimate of drug-likeness (QED) is 0.622. The molecule has 0 saturated heterocycles. The van der Waals surface area contributed by atoms with Crippen molar-refractivity contribution in [3.63, 3.8) is 0 Å². The first-order valence-electron chi connectivity index (χ1n) is 10.7. The summed E-state index contributed by atoms with van der Waals surface area (Å²) in [4.78, 5) is 12.0. The van der Waals surface area contributed by atoms with Crippen molar-refractivity contribution in [2.45, 2.75) is 70.6 Å². The first-order valence-corrected chi connectivity index (χ1v) is 10.7. The van der Waals surface area contributed by atoms with Gasteiger partial charge in [0.15, 0.2) is 5.60 Å². The van der Waals surface area contributed by atoms with Gasteiger partial charge in [0.2, 0.25) is 0 Å². The van der Waals surface area contributed by atoms with E-state index in [1.165, 1.54) is 36.8 Å². The maximum Gasteiger partial charge on any atom is 0.349 e. The van der Waals surface area contributed by atoms with E-state index in [-0.39, 0.29) is 5.97 Å². The lowest BCUT2D eigenvalue weighted by Gasteiger charge is -2.30. The third kappa shape index (κ3) is 6.07. The second-order valence-corrected chi connectivity index (χ2v) is 8.32. The Morgan fingerprint density at radius 2 is 1.66 bits per heavy atom. The largest absolute Gasteiger partial charge is 0.476 e. The SMILES string of the molecule is CCOC(=O)C(C)(C)Oc1ccc(C2CCC(NCc3ccccc3)CC2)cc1. The van der Waals surface area contributed by atoms with Gasteiger partial charge in [-0.2, -0.15) is 0 Å². The normalized spacial score (nSPS) is 19.6. The highest BCUT2D eigenvalue weighted by molar-refractivity contribution is 5.79. The molecule has 3 rings (SSSR count). The van der Waals surface area contributed by atoms with E-state index in [0.717, 1.165) is 6.54 Å². The molecule has 156 valence electrons. The number of carbonyl (C=O) groups excluding carboxylic acids is 1. The van der Waals surface area contributed by atoms with Crippen molar-refractivity contribution in [1.82, 2.24) is 5.32 Å². The van der Waals surface area contributed by atoms with Crippen LogP contribution >= 0.6 is 0 Å². The Labute approximate surface area is 174 Å². The van der Waals surface area contributed by atoms with Crippen LogP contribution in [0.15, 0.2) is 54.6 Å². The molecule has 1 saturated carbocycles. The summed E-state index contributed by atoms with van der Waals surface area (Å²) in [6.45, 7) is 6.58. The molecule has 1 N–H and O–H groups in total. The summed E-state index contributed by atoms with van der Waals surface area (Å²) in [5.74, 6) is 0.951. The predicted molar refractivity (Wildman–Crippen MR) is 116 cm³/mol. The van der Waals surface area contributed by atoms with Crippen LogP contribution in [0.2, 0.25) is 0 Å². The highest BCUT2D eigenvalue weighted by Gasteiger charge is 2.31. The zero-order chi connectivity index (χ0) is 20.7. The first-order chi connectivity index (χ1) is 14.0. The van der Waals surface area contributed by atoms with Crippen molar-refractivity contribution < 1.29 is 14.3 Å². The Kier molecular flexibility index (Phi) is 7.32. The van der Waals surface area contributed by atoms with Gasteiger partial charge < -0.3 is 14.8 Å². The van der Waals surface area contributed by atoms with Gasteiger partial charge in [0.05, 0.1) is 6.61 Å². The highest BCUT2D eigenvalue weighted by atomic mass is 16.6. The minimum atomic E-state index is -0.986. The molecule has 1 aliphatic carbocycles. The lowest BCUT2D eigenvalue weighted by atomic mass is 9.81. The molecule has 2 aromatic carbocycles. The average molecular weight is 396 g/mol. The Morgan fingerprint density at radius 1 is 1.00 bits per heavy atom. The van der Waals surface area contributed by atoms with E-state index >= 15 is 0 Å². The van der Waals surface area contributed by atoms with Gasteiger partial charge in [-0.1, -0.05) is 42.5 Å². The number of carbonyl (C=O) groups is 1. The summed E-state index contributed by atoms with van der Waals surface area (Å²) in [6.07, 6.45) is 4.79. The number of esters is 1. The minimum absolute atomic E-state index is 0.342. The summed E-state index contributed by atoms with van der Waals surface area (Å²) in [5.41, 5.74) is 1.71. The van der Waals surface area contributed by atoms with Crippen molar-refractivity contribution in [2.24, 2.45) is 0 Å². The van der Waals surface area contributed by atoms with E-state index < -0.39 is 5.60 Å². The molecule has 4 heteroatoms. The number of ether oxygens (including phenoxy) is 2. The highest BCUT2D eigenvalue weighted by Crippen LogP contribution is 2.34. The van der Waals surface area contributed by atoms with E-state index in [1.54, 1.807) is 20.8 Å². The van der Waals surface area contributed by atoms with Crippen molar-refractivity contribution in [3.8, 4) is 5.75 Å². The van der Waals surface area contributed by atoms with Crippen LogP contribution in [0, 0.1) is 0 Å². The van der Waals surface area contributed by atoms with Crippen molar-refractivity contribution in [1.29, 1.82) is 0 Å². The molecule has 29 heavy (non-hydrogen) atoms. The average Bonchev–Trinajstić information content (AvgIpc) is 2.74. The van der Waals surface area contributed by atoms with Crippen LogP contribution < -0.4 is 10.1 Å². The fraction of sp³-hybridized carbons (Fsp3) is 0.480. The Morgan fingerprint density at radius 3 is 2.28 bits per heavy atom. The van der Waals surface area contributed by atoms with Gasteiger partial charge in [-0.25, -0.2) is 4.79 Å². The van der Waals surface area contributed by atoms with Gasteiger partial charge >= 0.3 is 5.97 Å². The first kappa shape index (κ1) is 21.4. The molecular weight excluding hydrogens is 362 g/mol. The molecule has 0 spiro atoms. The van der Waals surface area contributed by atoms with Gasteiger partial charge in [0, 0.05) is 12.6 Å². The number of rotatable bonds is 8. The van der Waals surface area contributed by atoms with Crippen LogP contribution in [0.1, 0.15) is 63.5 Å². The molecule has 0 bridgehead atoms. The Bertz CT molecular complexity index is 762. The Hall–Kier alpha value is -2.33. The number of benzene rings is 2. The van der Waals surface area contributed by atoms with Crippen molar-refractivity contribution >= 4 is 5.97 Å². The molecule has 1 fully saturated rings. The summed E-state index contributed by atoms with van der Waals surface area (Å²) in [7, 11) is 0. The van der Waals surface area contributed by atoms with Crippen LogP contribution in [0.3, 0.4) is 0 Å². The second kappa shape index (κ2) is 9.93. The third-order valence-electron chi connectivity index (χ3n) is 5.66. The van der Waals surface area contributed by atoms with E-state index in [0.29, 0.717) is 24.3 Å². The Balaban J connectivity index is 1.48. The molecule has 4 nitrogen and oxygen atoms in total. The fourth-order valence-electron chi connectivity index (χ4n) is 3.94. The standard InChI is InChI=1S/C25H33NO3/c1-4-28-24(27)25(2,3)29-23-16-12-21(13-17-23)20-10-14-22(15-11-20)26-18-19-8-6-5-7-9-19/h5-9,12-13,16-17,20,22,26H,4,10-11,14-15,18H2,1-3H3. The number of hydrogen-bond acceptors (Lipinski definition) is 4.